The maximum absolute atomic E-state index is 11.1. The summed E-state index contributed by atoms with van der Waals surface area (Å²) in [4.78, 5) is 11.1. The predicted molar refractivity (Wildman–Crippen MR) is 72.2 cm³/mol. The molecule has 0 spiro atoms. The molecule has 1 N–H and O–H groups in total. The number of carboxylic acid groups (broad SMARTS) is 1. The highest BCUT2D eigenvalue weighted by Gasteiger charge is 2.19. The van der Waals surface area contributed by atoms with Crippen molar-refractivity contribution >= 4 is 17.6 Å². The SMILES string of the molecule is CCCCO[C@@H](Cc1cccc(Cl)c1C)C(=O)O. The lowest BCUT2D eigenvalue weighted by molar-refractivity contribution is -0.150. The molecule has 0 amide bonds. The minimum Gasteiger partial charge on any atom is -0.479 e. The lowest BCUT2D eigenvalue weighted by Gasteiger charge is -2.15. The first kappa shape index (κ1) is 15.0. The van der Waals surface area contributed by atoms with Gasteiger partial charge in [0.05, 0.1) is 0 Å². The fourth-order valence-electron chi connectivity index (χ4n) is 1.66. The zero-order chi connectivity index (χ0) is 13.5. The summed E-state index contributed by atoms with van der Waals surface area (Å²) < 4.78 is 5.40. The van der Waals surface area contributed by atoms with Crippen LogP contribution in [0.3, 0.4) is 0 Å². The Bertz CT molecular complexity index is 404. The lowest BCUT2D eigenvalue weighted by Crippen LogP contribution is -2.27. The number of hydrogen-bond donors (Lipinski definition) is 1. The Hall–Kier alpha value is -1.06. The van der Waals surface area contributed by atoms with Crippen molar-refractivity contribution in [2.45, 2.75) is 39.2 Å². The Morgan fingerprint density at radius 3 is 2.83 bits per heavy atom. The summed E-state index contributed by atoms with van der Waals surface area (Å²) in [6.45, 7) is 4.41. The van der Waals surface area contributed by atoms with E-state index in [2.05, 4.69) is 0 Å². The standard InChI is InChI=1S/C14H19ClO3/c1-3-4-8-18-13(14(16)17)9-11-6-5-7-12(15)10(11)2/h5-7,13H,3-4,8-9H2,1-2H3,(H,16,17)/t13-/m0/s1. The van der Waals surface area contributed by atoms with Crippen molar-refractivity contribution in [3.63, 3.8) is 0 Å². The number of carboxylic acids is 1. The summed E-state index contributed by atoms with van der Waals surface area (Å²) in [6.07, 6.45) is 1.42. The number of carbonyl (C=O) groups is 1. The van der Waals surface area contributed by atoms with Gasteiger partial charge >= 0.3 is 5.97 Å². The third kappa shape index (κ3) is 4.31. The van der Waals surface area contributed by atoms with Gasteiger partial charge in [0.25, 0.3) is 0 Å². The molecule has 0 saturated heterocycles. The summed E-state index contributed by atoms with van der Waals surface area (Å²) in [6, 6.07) is 5.52. The van der Waals surface area contributed by atoms with Crippen LogP contribution in [0.2, 0.25) is 5.02 Å². The second-order valence-corrected chi connectivity index (χ2v) is 4.69. The van der Waals surface area contributed by atoms with Gasteiger partial charge in [-0.2, -0.15) is 0 Å². The Balaban J connectivity index is 2.71. The first-order valence-electron chi connectivity index (χ1n) is 6.14. The molecule has 0 bridgehead atoms. The predicted octanol–water partition coefficient (Wildman–Crippen LogP) is 3.46. The zero-order valence-corrected chi connectivity index (χ0v) is 11.5. The number of rotatable bonds is 7. The van der Waals surface area contributed by atoms with Gasteiger partial charge in [-0.05, 0) is 30.5 Å². The Morgan fingerprint density at radius 1 is 1.50 bits per heavy atom. The summed E-state index contributed by atoms with van der Waals surface area (Å²) in [5, 5.41) is 9.79. The molecule has 0 fully saturated rings. The van der Waals surface area contributed by atoms with E-state index >= 15 is 0 Å². The van der Waals surface area contributed by atoms with Crippen LogP contribution < -0.4 is 0 Å². The van der Waals surface area contributed by atoms with Crippen molar-refractivity contribution in [2.24, 2.45) is 0 Å². The summed E-state index contributed by atoms with van der Waals surface area (Å²) >= 11 is 6.02. The molecular weight excluding hydrogens is 252 g/mol. The van der Waals surface area contributed by atoms with Crippen LogP contribution in [0.5, 0.6) is 0 Å². The zero-order valence-electron chi connectivity index (χ0n) is 10.8. The van der Waals surface area contributed by atoms with Gasteiger partial charge in [0, 0.05) is 18.1 Å². The van der Waals surface area contributed by atoms with Gasteiger partial charge in [0.1, 0.15) is 0 Å². The molecule has 1 aromatic carbocycles. The van der Waals surface area contributed by atoms with Crippen LogP contribution in [0.1, 0.15) is 30.9 Å². The molecule has 1 atom stereocenters. The molecule has 0 radical (unpaired) electrons. The van der Waals surface area contributed by atoms with E-state index in [1.54, 1.807) is 6.07 Å². The first-order chi connectivity index (χ1) is 8.56. The number of hydrogen-bond acceptors (Lipinski definition) is 2. The Labute approximate surface area is 113 Å². The molecule has 0 saturated carbocycles. The molecule has 0 aromatic heterocycles. The van der Waals surface area contributed by atoms with Crippen LogP contribution >= 0.6 is 11.6 Å². The van der Waals surface area contributed by atoms with E-state index in [9.17, 15) is 4.79 Å². The van der Waals surface area contributed by atoms with E-state index in [1.165, 1.54) is 0 Å². The van der Waals surface area contributed by atoms with E-state index in [0.29, 0.717) is 18.1 Å². The van der Waals surface area contributed by atoms with Gasteiger partial charge in [0.2, 0.25) is 0 Å². The summed E-state index contributed by atoms with van der Waals surface area (Å²) in [5.74, 6) is -0.925. The van der Waals surface area contributed by atoms with E-state index in [0.717, 1.165) is 24.0 Å². The minimum atomic E-state index is -0.925. The van der Waals surface area contributed by atoms with Crippen LogP contribution in [0, 0.1) is 6.92 Å². The molecule has 1 rings (SSSR count). The maximum Gasteiger partial charge on any atom is 0.333 e. The molecule has 4 heteroatoms. The molecule has 0 aliphatic carbocycles. The molecule has 18 heavy (non-hydrogen) atoms. The fraction of sp³-hybridized carbons (Fsp3) is 0.500. The molecule has 1 aromatic rings. The molecule has 0 unspecified atom stereocenters. The smallest absolute Gasteiger partial charge is 0.333 e. The van der Waals surface area contributed by atoms with Crippen LogP contribution in [0.15, 0.2) is 18.2 Å². The number of unbranched alkanes of at least 4 members (excludes halogenated alkanes) is 1. The largest absolute Gasteiger partial charge is 0.479 e. The minimum absolute atomic E-state index is 0.353. The molecule has 3 nitrogen and oxygen atoms in total. The highest BCUT2D eigenvalue weighted by molar-refractivity contribution is 6.31. The van der Waals surface area contributed by atoms with Gasteiger partial charge in [-0.1, -0.05) is 37.1 Å². The fourth-order valence-corrected chi connectivity index (χ4v) is 1.85. The van der Waals surface area contributed by atoms with Gasteiger partial charge in [-0.15, -0.1) is 0 Å². The van der Waals surface area contributed by atoms with Crippen LogP contribution in [0.25, 0.3) is 0 Å². The van der Waals surface area contributed by atoms with Crippen LogP contribution in [0.4, 0.5) is 0 Å². The van der Waals surface area contributed by atoms with Crippen molar-refractivity contribution in [1.29, 1.82) is 0 Å². The Morgan fingerprint density at radius 2 is 2.22 bits per heavy atom. The maximum atomic E-state index is 11.1. The Kier molecular flexibility index (Phi) is 6.16. The van der Waals surface area contributed by atoms with Gasteiger partial charge in [-0.25, -0.2) is 4.79 Å². The number of ether oxygens (including phenoxy) is 1. The first-order valence-corrected chi connectivity index (χ1v) is 6.52. The number of aliphatic carboxylic acids is 1. The van der Waals surface area contributed by atoms with Crippen molar-refractivity contribution in [3.8, 4) is 0 Å². The average molecular weight is 271 g/mol. The quantitative estimate of drug-likeness (QED) is 0.772. The van der Waals surface area contributed by atoms with E-state index in [4.69, 9.17) is 21.4 Å². The summed E-state index contributed by atoms with van der Waals surface area (Å²) in [5.41, 5.74) is 1.84. The highest BCUT2D eigenvalue weighted by atomic mass is 35.5. The second-order valence-electron chi connectivity index (χ2n) is 4.28. The summed E-state index contributed by atoms with van der Waals surface area (Å²) in [7, 11) is 0. The van der Waals surface area contributed by atoms with E-state index < -0.39 is 12.1 Å². The van der Waals surface area contributed by atoms with Crippen LogP contribution in [-0.4, -0.2) is 23.8 Å². The van der Waals surface area contributed by atoms with Crippen molar-refractivity contribution < 1.29 is 14.6 Å². The van der Waals surface area contributed by atoms with E-state index in [-0.39, 0.29) is 0 Å². The number of benzene rings is 1. The molecule has 100 valence electrons. The highest BCUT2D eigenvalue weighted by Crippen LogP contribution is 2.20. The normalized spacial score (nSPS) is 12.4. The van der Waals surface area contributed by atoms with Gasteiger partial charge in [0.15, 0.2) is 6.10 Å². The van der Waals surface area contributed by atoms with Crippen molar-refractivity contribution in [1.82, 2.24) is 0 Å². The molecule has 0 aliphatic rings. The van der Waals surface area contributed by atoms with E-state index in [1.807, 2.05) is 26.0 Å². The van der Waals surface area contributed by atoms with Crippen LogP contribution in [-0.2, 0) is 16.0 Å². The molecule has 0 heterocycles. The number of halogens is 1. The van der Waals surface area contributed by atoms with Gasteiger partial charge < -0.3 is 9.84 Å². The lowest BCUT2D eigenvalue weighted by atomic mass is 10.0. The van der Waals surface area contributed by atoms with Crippen molar-refractivity contribution in [3.05, 3.63) is 34.3 Å². The monoisotopic (exact) mass is 270 g/mol. The van der Waals surface area contributed by atoms with Crippen molar-refractivity contribution in [2.75, 3.05) is 6.61 Å². The second kappa shape index (κ2) is 7.39. The van der Waals surface area contributed by atoms with Gasteiger partial charge in [-0.3, -0.25) is 0 Å². The third-order valence-electron chi connectivity index (χ3n) is 2.88. The third-order valence-corrected chi connectivity index (χ3v) is 3.29. The topological polar surface area (TPSA) is 46.5 Å². The average Bonchev–Trinajstić information content (AvgIpc) is 2.33. The molecule has 0 aliphatic heterocycles. The molecular formula is C14H19ClO3.